The molecule has 4 fully saturated rings. The molecule has 0 unspecified atom stereocenters. The van der Waals surface area contributed by atoms with Crippen molar-refractivity contribution in [2.24, 2.45) is 46.3 Å². The maximum absolute atomic E-state index is 11.5. The number of aliphatic hydroxyl groups excluding tert-OH is 1. The van der Waals surface area contributed by atoms with E-state index in [4.69, 9.17) is 0 Å². The van der Waals surface area contributed by atoms with Gasteiger partial charge < -0.3 is 10.2 Å². The summed E-state index contributed by atoms with van der Waals surface area (Å²) in [6, 6.07) is 2.41. The van der Waals surface area contributed by atoms with E-state index in [1.54, 1.807) is 0 Å². The smallest absolute Gasteiger partial charge is 0.0656 e. The first-order valence-corrected chi connectivity index (χ1v) is 11.4. The Balaban J connectivity index is 1.65. The van der Waals surface area contributed by atoms with Crippen LogP contribution in [0.25, 0.3) is 0 Å². The molecule has 152 valence electrons. The van der Waals surface area contributed by atoms with Gasteiger partial charge in [0.1, 0.15) is 0 Å². The predicted octanol–water partition coefficient (Wildman–Crippen LogP) is 4.92. The molecule has 0 bridgehead atoms. The zero-order valence-electron chi connectivity index (χ0n) is 17.7. The Morgan fingerprint density at radius 2 is 1.70 bits per heavy atom. The lowest BCUT2D eigenvalue weighted by atomic mass is 9.41. The third kappa shape index (κ3) is 2.81. The molecule has 0 aromatic heterocycles. The molecule has 0 radical (unpaired) electrons. The molecular weight excluding hydrogens is 334 g/mol. The third-order valence-corrected chi connectivity index (χ3v) is 10.2. The minimum atomic E-state index is -0.661. The molecule has 0 heterocycles. The maximum atomic E-state index is 11.5. The zero-order chi connectivity index (χ0) is 19.6. The van der Waals surface area contributed by atoms with Crippen LogP contribution in [0.15, 0.2) is 0 Å². The summed E-state index contributed by atoms with van der Waals surface area (Å²) >= 11 is 0. The van der Waals surface area contributed by atoms with Crippen LogP contribution in [0.2, 0.25) is 0 Å². The molecule has 4 aliphatic carbocycles. The van der Waals surface area contributed by atoms with Crippen molar-refractivity contribution < 1.29 is 10.2 Å². The molecule has 4 saturated carbocycles. The Kier molecular flexibility index (Phi) is 4.72. The van der Waals surface area contributed by atoms with Gasteiger partial charge in [-0.2, -0.15) is 5.26 Å². The highest BCUT2D eigenvalue weighted by atomic mass is 16.3. The van der Waals surface area contributed by atoms with Crippen molar-refractivity contribution in [3.63, 3.8) is 0 Å². The van der Waals surface area contributed by atoms with Crippen molar-refractivity contribution >= 4 is 0 Å². The summed E-state index contributed by atoms with van der Waals surface area (Å²) in [4.78, 5) is 0. The molecule has 0 aliphatic heterocycles. The second-order valence-corrected chi connectivity index (χ2v) is 11.5. The van der Waals surface area contributed by atoms with Crippen LogP contribution < -0.4 is 0 Å². The van der Waals surface area contributed by atoms with E-state index < -0.39 is 5.60 Å². The molecule has 0 spiro atoms. The second-order valence-electron chi connectivity index (χ2n) is 11.5. The first-order chi connectivity index (χ1) is 12.6. The fraction of sp³-hybridized carbons (Fsp3) is 0.958. The monoisotopic (exact) mass is 373 g/mol. The van der Waals surface area contributed by atoms with E-state index >= 15 is 0 Å². The van der Waals surface area contributed by atoms with E-state index in [-0.39, 0.29) is 17.4 Å². The molecule has 4 aliphatic rings. The number of nitrogens with zero attached hydrogens (tertiary/aromatic N) is 1. The van der Waals surface area contributed by atoms with Gasteiger partial charge in [0.05, 0.1) is 17.8 Å². The van der Waals surface area contributed by atoms with Crippen LogP contribution in [-0.4, -0.2) is 21.9 Å². The zero-order valence-corrected chi connectivity index (χ0v) is 17.7. The predicted molar refractivity (Wildman–Crippen MR) is 107 cm³/mol. The van der Waals surface area contributed by atoms with Crippen molar-refractivity contribution in [3.05, 3.63) is 0 Å². The summed E-state index contributed by atoms with van der Waals surface area (Å²) in [7, 11) is 0. The van der Waals surface area contributed by atoms with E-state index in [0.717, 1.165) is 25.7 Å². The van der Waals surface area contributed by atoms with Crippen molar-refractivity contribution in [2.75, 3.05) is 0 Å². The van der Waals surface area contributed by atoms with Crippen molar-refractivity contribution in [1.82, 2.24) is 0 Å². The van der Waals surface area contributed by atoms with Gasteiger partial charge in [-0.05, 0) is 105 Å². The minimum Gasteiger partial charge on any atom is -0.393 e. The summed E-state index contributed by atoms with van der Waals surface area (Å²) < 4.78 is 0. The fourth-order valence-corrected chi connectivity index (χ4v) is 8.99. The molecule has 0 saturated heterocycles. The van der Waals surface area contributed by atoms with Crippen LogP contribution in [0.5, 0.6) is 0 Å². The van der Waals surface area contributed by atoms with Crippen LogP contribution >= 0.6 is 0 Å². The highest BCUT2D eigenvalue weighted by Gasteiger charge is 2.64. The molecule has 0 aromatic rings. The van der Waals surface area contributed by atoms with Gasteiger partial charge in [0.15, 0.2) is 0 Å². The van der Waals surface area contributed by atoms with E-state index in [9.17, 15) is 15.5 Å². The largest absolute Gasteiger partial charge is 0.393 e. The first-order valence-electron chi connectivity index (χ1n) is 11.4. The summed E-state index contributed by atoms with van der Waals surface area (Å²) in [6.07, 6.45) is 9.17. The molecule has 3 heteroatoms. The number of nitriles is 1. The summed E-state index contributed by atoms with van der Waals surface area (Å²) in [6.45, 7) is 9.28. The SMILES string of the molecule is C[C@H](CC#N)[C@H]1CC[C@H]2[C@@H]3C[C@@](C)(O)[C@H]4C[C@H](O)CC[C@]4(C)[C@H]3CC[C@]12C. The maximum Gasteiger partial charge on any atom is 0.0656 e. The van der Waals surface area contributed by atoms with Gasteiger partial charge in [-0.1, -0.05) is 20.8 Å². The Bertz CT molecular complexity index is 624. The average molecular weight is 374 g/mol. The molecular formula is C24H39NO2. The number of fused-ring (bicyclic) bond motifs is 5. The average Bonchev–Trinajstić information content (AvgIpc) is 2.94. The van der Waals surface area contributed by atoms with Crippen LogP contribution in [0.3, 0.4) is 0 Å². The normalized spacial score (nSPS) is 55.7. The highest BCUT2D eigenvalue weighted by Crippen LogP contribution is 2.69. The highest BCUT2D eigenvalue weighted by molar-refractivity contribution is 5.14. The van der Waals surface area contributed by atoms with Gasteiger partial charge >= 0.3 is 0 Å². The van der Waals surface area contributed by atoms with E-state index in [0.29, 0.717) is 41.4 Å². The van der Waals surface area contributed by atoms with Crippen LogP contribution in [-0.2, 0) is 0 Å². The minimum absolute atomic E-state index is 0.170. The topological polar surface area (TPSA) is 64.2 Å². The summed E-state index contributed by atoms with van der Waals surface area (Å²) in [5, 5.41) is 31.0. The van der Waals surface area contributed by atoms with Gasteiger partial charge in [0, 0.05) is 6.42 Å². The van der Waals surface area contributed by atoms with Gasteiger partial charge in [0.25, 0.3) is 0 Å². The number of rotatable bonds is 2. The third-order valence-electron chi connectivity index (χ3n) is 10.2. The Hall–Kier alpha value is -0.590. The number of aliphatic hydroxyl groups is 2. The molecule has 0 amide bonds. The van der Waals surface area contributed by atoms with Gasteiger partial charge in [-0.3, -0.25) is 0 Å². The van der Waals surface area contributed by atoms with Crippen LogP contribution in [0, 0.1) is 57.7 Å². The number of hydrogen-bond acceptors (Lipinski definition) is 3. The van der Waals surface area contributed by atoms with E-state index in [1.165, 1.54) is 25.7 Å². The second kappa shape index (κ2) is 6.46. The molecule has 27 heavy (non-hydrogen) atoms. The lowest BCUT2D eigenvalue weighted by Crippen LogP contribution is -2.62. The Morgan fingerprint density at radius 3 is 2.41 bits per heavy atom. The van der Waals surface area contributed by atoms with Gasteiger partial charge in [0.2, 0.25) is 0 Å². The van der Waals surface area contributed by atoms with Gasteiger partial charge in [-0.25, -0.2) is 0 Å². The van der Waals surface area contributed by atoms with Crippen molar-refractivity contribution in [2.45, 2.75) is 97.2 Å². The van der Waals surface area contributed by atoms with Crippen molar-refractivity contribution in [1.29, 1.82) is 5.26 Å². The molecule has 10 atom stereocenters. The van der Waals surface area contributed by atoms with Crippen LogP contribution in [0.4, 0.5) is 0 Å². The molecule has 0 aromatic carbocycles. The quantitative estimate of drug-likeness (QED) is 0.722. The summed E-state index contributed by atoms with van der Waals surface area (Å²) in [5.74, 6) is 3.37. The lowest BCUT2D eigenvalue weighted by Gasteiger charge is -2.64. The van der Waals surface area contributed by atoms with Gasteiger partial charge in [-0.15, -0.1) is 0 Å². The van der Waals surface area contributed by atoms with E-state index in [2.05, 4.69) is 33.8 Å². The lowest BCUT2D eigenvalue weighted by molar-refractivity contribution is -0.209. The Morgan fingerprint density at radius 1 is 1.04 bits per heavy atom. The standard InChI is InChI=1S/C24H39NO2/c1-15(9-12-25)18-5-6-19-17-14-24(4,27)21-13-16(26)7-10-23(21,3)20(17)8-11-22(18,19)2/h15-21,26-27H,5-11,13-14H2,1-4H3/t15-,16-,17+,18-,19+,20+,21+,22-,23-,24-/m1/s1. The molecule has 4 rings (SSSR count). The molecule has 2 N–H and O–H groups in total. The fourth-order valence-electron chi connectivity index (χ4n) is 8.99. The first kappa shape index (κ1) is 19.7. The number of hydrogen-bond donors (Lipinski definition) is 2. The Labute approximate surface area is 165 Å². The molecule has 3 nitrogen and oxygen atoms in total. The van der Waals surface area contributed by atoms with E-state index in [1.807, 2.05) is 0 Å². The van der Waals surface area contributed by atoms with Crippen LogP contribution in [0.1, 0.15) is 85.5 Å². The van der Waals surface area contributed by atoms with Crippen molar-refractivity contribution in [3.8, 4) is 6.07 Å². The summed E-state index contributed by atoms with van der Waals surface area (Å²) in [5.41, 5.74) is -0.153.